The number of carbonyl (C=O) groups is 3. The largest absolute Gasteiger partial charge is 0.478 e. The van der Waals surface area contributed by atoms with E-state index in [0.29, 0.717) is 18.7 Å². The van der Waals surface area contributed by atoms with E-state index in [1.165, 1.54) is 19.3 Å². The fourth-order valence-electron chi connectivity index (χ4n) is 4.84. The van der Waals surface area contributed by atoms with Crippen molar-refractivity contribution in [3.05, 3.63) is 87.7 Å². The van der Waals surface area contributed by atoms with Gasteiger partial charge in [-0.2, -0.15) is 0 Å². The minimum absolute atomic E-state index is 0.145. The summed E-state index contributed by atoms with van der Waals surface area (Å²) < 4.78 is 0. The van der Waals surface area contributed by atoms with Crippen LogP contribution in [0.3, 0.4) is 0 Å². The number of aromatic nitrogens is 1. The number of halogens is 1. The van der Waals surface area contributed by atoms with Crippen LogP contribution in [0.5, 0.6) is 0 Å². The van der Waals surface area contributed by atoms with Crippen LogP contribution in [0.1, 0.15) is 57.2 Å². The number of carbonyl (C=O) groups excluding carboxylic acids is 2. The summed E-state index contributed by atoms with van der Waals surface area (Å²) in [5.74, 6) is -1.44. The minimum Gasteiger partial charge on any atom is -0.478 e. The van der Waals surface area contributed by atoms with Gasteiger partial charge in [0.15, 0.2) is 0 Å². The first-order valence-corrected chi connectivity index (χ1v) is 12.3. The predicted octanol–water partition coefficient (Wildman–Crippen LogP) is 4.62. The van der Waals surface area contributed by atoms with Crippen LogP contribution in [0.4, 0.5) is 11.4 Å². The van der Waals surface area contributed by atoms with Crippen molar-refractivity contribution in [2.75, 3.05) is 30.4 Å². The standard InChI is InChI=1S/C28H29ClN4O4/c1-16(2)19-7-5-6-8-22(19)28(14-33(15-28)18-9-10-20(26(35)36)17(3)11-18)27(37)32-23-13-31-24(29)12-21(23)25(34)30-4/h5-13,16H,14-15H2,1-4H3,(H,30,34)(H,32,37)(H,35,36). The Hall–Kier alpha value is -3.91. The third kappa shape index (κ3) is 4.89. The number of nitrogens with one attached hydrogen (secondary N) is 2. The van der Waals surface area contributed by atoms with E-state index < -0.39 is 11.4 Å². The highest BCUT2D eigenvalue weighted by Crippen LogP contribution is 2.42. The molecule has 3 aromatic rings. The average Bonchev–Trinajstić information content (AvgIpc) is 2.84. The molecule has 192 valence electrons. The molecule has 4 rings (SSSR count). The number of hydrogen-bond acceptors (Lipinski definition) is 5. The Bertz CT molecular complexity index is 1380. The lowest BCUT2D eigenvalue weighted by Gasteiger charge is -2.51. The number of aromatic carboxylic acids is 1. The number of amides is 2. The van der Waals surface area contributed by atoms with E-state index in [0.717, 1.165) is 16.8 Å². The number of nitrogens with zero attached hydrogens (tertiary/aromatic N) is 2. The zero-order chi connectivity index (χ0) is 26.9. The molecule has 9 heteroatoms. The van der Waals surface area contributed by atoms with Gasteiger partial charge in [-0.15, -0.1) is 0 Å². The Morgan fingerprint density at radius 1 is 1.08 bits per heavy atom. The Morgan fingerprint density at radius 2 is 1.78 bits per heavy atom. The molecule has 0 atom stereocenters. The SMILES string of the molecule is CNC(=O)c1cc(Cl)ncc1NC(=O)C1(c2ccccc2C(C)C)CN(c2ccc(C(=O)O)c(C)c2)C1. The van der Waals surface area contributed by atoms with Gasteiger partial charge in [0, 0.05) is 25.8 Å². The maximum Gasteiger partial charge on any atom is 0.335 e. The lowest BCUT2D eigenvalue weighted by molar-refractivity contribution is -0.122. The molecule has 0 aliphatic carbocycles. The lowest BCUT2D eigenvalue weighted by atomic mass is 9.69. The Balaban J connectivity index is 1.73. The molecule has 0 bridgehead atoms. The van der Waals surface area contributed by atoms with Gasteiger partial charge >= 0.3 is 5.97 Å². The summed E-state index contributed by atoms with van der Waals surface area (Å²) >= 11 is 6.02. The molecule has 1 aliphatic rings. The molecule has 37 heavy (non-hydrogen) atoms. The zero-order valence-electron chi connectivity index (χ0n) is 21.1. The number of hydrogen-bond donors (Lipinski definition) is 3. The van der Waals surface area contributed by atoms with E-state index in [2.05, 4.69) is 34.4 Å². The van der Waals surface area contributed by atoms with Crippen molar-refractivity contribution in [3.8, 4) is 0 Å². The number of carboxylic acid groups (broad SMARTS) is 1. The first kappa shape index (κ1) is 26.2. The monoisotopic (exact) mass is 520 g/mol. The van der Waals surface area contributed by atoms with Gasteiger partial charge < -0.3 is 20.6 Å². The normalized spacial score (nSPS) is 14.2. The molecule has 2 heterocycles. The first-order chi connectivity index (χ1) is 17.6. The second-order valence-electron chi connectivity index (χ2n) is 9.57. The molecule has 0 radical (unpaired) electrons. The number of benzene rings is 2. The highest BCUT2D eigenvalue weighted by Gasteiger charge is 2.52. The van der Waals surface area contributed by atoms with Crippen molar-refractivity contribution in [2.45, 2.75) is 32.1 Å². The highest BCUT2D eigenvalue weighted by atomic mass is 35.5. The maximum absolute atomic E-state index is 14.0. The summed E-state index contributed by atoms with van der Waals surface area (Å²) in [6.07, 6.45) is 1.39. The van der Waals surface area contributed by atoms with Gasteiger partial charge in [-0.1, -0.05) is 49.7 Å². The van der Waals surface area contributed by atoms with Gasteiger partial charge in [-0.3, -0.25) is 9.59 Å². The molecule has 0 saturated carbocycles. The number of pyridine rings is 1. The summed E-state index contributed by atoms with van der Waals surface area (Å²) in [5, 5.41) is 15.0. The van der Waals surface area contributed by atoms with Gasteiger partial charge in [-0.05, 0) is 53.8 Å². The Morgan fingerprint density at radius 3 is 2.41 bits per heavy atom. The molecule has 2 amide bonds. The van der Waals surface area contributed by atoms with Crippen molar-refractivity contribution >= 4 is 40.8 Å². The van der Waals surface area contributed by atoms with Crippen LogP contribution in [-0.4, -0.2) is 48.0 Å². The Labute approximate surface area is 220 Å². The van der Waals surface area contributed by atoms with Crippen molar-refractivity contribution in [1.29, 1.82) is 0 Å². The third-order valence-electron chi connectivity index (χ3n) is 6.85. The van der Waals surface area contributed by atoms with Crippen molar-refractivity contribution < 1.29 is 19.5 Å². The average molecular weight is 521 g/mol. The fourth-order valence-corrected chi connectivity index (χ4v) is 5.00. The third-order valence-corrected chi connectivity index (χ3v) is 7.06. The summed E-state index contributed by atoms with van der Waals surface area (Å²) in [5.41, 5.74) is 3.31. The lowest BCUT2D eigenvalue weighted by Crippen LogP contribution is -2.65. The molecule has 3 N–H and O–H groups in total. The van der Waals surface area contributed by atoms with Crippen LogP contribution in [0.15, 0.2) is 54.7 Å². The molecule has 1 fully saturated rings. The first-order valence-electron chi connectivity index (χ1n) is 11.9. The van der Waals surface area contributed by atoms with Crippen LogP contribution in [0.25, 0.3) is 0 Å². The van der Waals surface area contributed by atoms with Crippen LogP contribution in [0, 0.1) is 6.92 Å². The molecule has 0 spiro atoms. The van der Waals surface area contributed by atoms with Crippen molar-refractivity contribution in [3.63, 3.8) is 0 Å². The summed E-state index contributed by atoms with van der Waals surface area (Å²) in [6.45, 7) is 6.69. The van der Waals surface area contributed by atoms with Gasteiger partial charge in [0.2, 0.25) is 5.91 Å². The van der Waals surface area contributed by atoms with E-state index in [1.807, 2.05) is 30.3 Å². The van der Waals surface area contributed by atoms with Gasteiger partial charge in [0.05, 0.1) is 23.0 Å². The fraction of sp³-hybridized carbons (Fsp3) is 0.286. The van der Waals surface area contributed by atoms with Gasteiger partial charge in [0.25, 0.3) is 5.91 Å². The van der Waals surface area contributed by atoms with Crippen LogP contribution in [0.2, 0.25) is 5.15 Å². The molecule has 2 aromatic carbocycles. The molecule has 1 aromatic heterocycles. The number of rotatable bonds is 7. The molecule has 8 nitrogen and oxygen atoms in total. The number of anilines is 2. The quantitative estimate of drug-likeness (QED) is 0.392. The van der Waals surface area contributed by atoms with Crippen LogP contribution >= 0.6 is 11.6 Å². The molecule has 1 saturated heterocycles. The van der Waals surface area contributed by atoms with Gasteiger partial charge in [0.1, 0.15) is 10.6 Å². The Kier molecular flexibility index (Phi) is 7.23. The molecule has 0 unspecified atom stereocenters. The number of carboxylic acids is 1. The van der Waals surface area contributed by atoms with Gasteiger partial charge in [-0.25, -0.2) is 9.78 Å². The molecular formula is C28H29ClN4O4. The maximum atomic E-state index is 14.0. The molecule has 1 aliphatic heterocycles. The summed E-state index contributed by atoms with van der Waals surface area (Å²) in [6, 6.07) is 14.5. The minimum atomic E-state index is -0.976. The molecular weight excluding hydrogens is 492 g/mol. The van der Waals surface area contributed by atoms with Crippen LogP contribution in [-0.2, 0) is 10.2 Å². The van der Waals surface area contributed by atoms with E-state index in [9.17, 15) is 19.5 Å². The van der Waals surface area contributed by atoms with E-state index in [1.54, 1.807) is 19.1 Å². The second-order valence-corrected chi connectivity index (χ2v) is 9.96. The highest BCUT2D eigenvalue weighted by molar-refractivity contribution is 6.30. The number of aryl methyl sites for hydroxylation is 1. The predicted molar refractivity (Wildman–Crippen MR) is 144 cm³/mol. The van der Waals surface area contributed by atoms with E-state index in [-0.39, 0.29) is 39.7 Å². The van der Waals surface area contributed by atoms with Crippen molar-refractivity contribution in [2.24, 2.45) is 0 Å². The van der Waals surface area contributed by atoms with Crippen LogP contribution < -0.4 is 15.5 Å². The zero-order valence-corrected chi connectivity index (χ0v) is 21.9. The van der Waals surface area contributed by atoms with E-state index >= 15 is 0 Å². The van der Waals surface area contributed by atoms with Crippen molar-refractivity contribution in [1.82, 2.24) is 10.3 Å². The summed E-state index contributed by atoms with van der Waals surface area (Å²) in [4.78, 5) is 44.0. The topological polar surface area (TPSA) is 112 Å². The second kappa shape index (κ2) is 10.2. The smallest absolute Gasteiger partial charge is 0.335 e. The van der Waals surface area contributed by atoms with E-state index in [4.69, 9.17) is 11.6 Å². The summed E-state index contributed by atoms with van der Waals surface area (Å²) in [7, 11) is 1.50.